The Bertz CT molecular complexity index is 405. The number of Topliss-reactive ketones (excluding diaryl/α,β-unsaturated/α-hetero) is 1. The molecule has 0 heterocycles. The lowest BCUT2D eigenvalue weighted by atomic mass is 10.1. The summed E-state index contributed by atoms with van der Waals surface area (Å²) in [6.07, 6.45) is 3.24. The Morgan fingerprint density at radius 1 is 1.32 bits per heavy atom. The minimum absolute atomic E-state index is 0.00614. The highest BCUT2D eigenvalue weighted by atomic mass is 16.5. The number of rotatable bonds is 9. The first-order chi connectivity index (χ1) is 9.15. The summed E-state index contributed by atoms with van der Waals surface area (Å²) >= 11 is 0. The molecule has 19 heavy (non-hydrogen) atoms. The van der Waals surface area contributed by atoms with E-state index >= 15 is 0 Å². The second kappa shape index (κ2) is 8.53. The van der Waals surface area contributed by atoms with E-state index in [4.69, 9.17) is 10.5 Å². The van der Waals surface area contributed by atoms with Gasteiger partial charge in [0.2, 0.25) is 0 Å². The SMILES string of the molecule is CCCCOCCCNc1ccc(C(C)=O)c(N)c1. The van der Waals surface area contributed by atoms with Crippen LogP contribution < -0.4 is 11.1 Å². The monoisotopic (exact) mass is 264 g/mol. The molecule has 0 radical (unpaired) electrons. The molecule has 0 unspecified atom stereocenters. The van der Waals surface area contributed by atoms with Gasteiger partial charge in [-0.25, -0.2) is 0 Å². The minimum atomic E-state index is -0.00614. The van der Waals surface area contributed by atoms with Gasteiger partial charge in [-0.2, -0.15) is 0 Å². The van der Waals surface area contributed by atoms with E-state index in [2.05, 4.69) is 12.2 Å². The lowest BCUT2D eigenvalue weighted by Gasteiger charge is -2.09. The van der Waals surface area contributed by atoms with Crippen LogP contribution in [0, 0.1) is 0 Å². The zero-order valence-electron chi connectivity index (χ0n) is 11.9. The van der Waals surface area contributed by atoms with Crippen molar-refractivity contribution >= 4 is 17.2 Å². The first-order valence-corrected chi connectivity index (χ1v) is 6.87. The molecule has 0 amide bonds. The van der Waals surface area contributed by atoms with Gasteiger partial charge in [-0.1, -0.05) is 13.3 Å². The van der Waals surface area contributed by atoms with Crippen LogP contribution >= 0.6 is 0 Å². The number of unbranched alkanes of at least 4 members (excludes halogenated alkanes) is 1. The topological polar surface area (TPSA) is 64.3 Å². The van der Waals surface area contributed by atoms with Crippen LogP contribution in [0.4, 0.5) is 11.4 Å². The number of hydrogen-bond donors (Lipinski definition) is 2. The molecule has 0 atom stereocenters. The number of carbonyl (C=O) groups excluding carboxylic acids is 1. The number of benzene rings is 1. The van der Waals surface area contributed by atoms with Gasteiger partial charge >= 0.3 is 0 Å². The van der Waals surface area contributed by atoms with Crippen LogP contribution in [0.2, 0.25) is 0 Å². The van der Waals surface area contributed by atoms with Crippen LogP contribution in [0.1, 0.15) is 43.5 Å². The summed E-state index contributed by atoms with van der Waals surface area (Å²) in [7, 11) is 0. The second-order valence-corrected chi connectivity index (χ2v) is 4.60. The van der Waals surface area contributed by atoms with Crippen molar-refractivity contribution in [3.8, 4) is 0 Å². The molecule has 0 saturated carbocycles. The Labute approximate surface area is 115 Å². The van der Waals surface area contributed by atoms with E-state index in [-0.39, 0.29) is 5.78 Å². The normalized spacial score (nSPS) is 10.4. The first kappa shape index (κ1) is 15.5. The van der Waals surface area contributed by atoms with Crippen molar-refractivity contribution in [2.45, 2.75) is 33.1 Å². The molecule has 0 fully saturated rings. The van der Waals surface area contributed by atoms with E-state index < -0.39 is 0 Å². The molecule has 0 aromatic heterocycles. The molecular weight excluding hydrogens is 240 g/mol. The third-order valence-electron chi connectivity index (χ3n) is 2.87. The molecule has 1 rings (SSSR count). The summed E-state index contributed by atoms with van der Waals surface area (Å²) < 4.78 is 5.48. The van der Waals surface area contributed by atoms with Crippen molar-refractivity contribution in [2.24, 2.45) is 0 Å². The van der Waals surface area contributed by atoms with Crippen molar-refractivity contribution in [1.29, 1.82) is 0 Å². The Morgan fingerprint density at radius 3 is 2.68 bits per heavy atom. The number of anilines is 2. The molecule has 0 aliphatic rings. The Hall–Kier alpha value is -1.55. The summed E-state index contributed by atoms with van der Waals surface area (Å²) in [6.45, 7) is 6.13. The highest BCUT2D eigenvalue weighted by Gasteiger charge is 2.04. The largest absolute Gasteiger partial charge is 0.398 e. The third-order valence-corrected chi connectivity index (χ3v) is 2.87. The number of carbonyl (C=O) groups is 1. The van der Waals surface area contributed by atoms with Crippen LogP contribution in [0.3, 0.4) is 0 Å². The molecule has 4 nitrogen and oxygen atoms in total. The van der Waals surface area contributed by atoms with Crippen molar-refractivity contribution in [1.82, 2.24) is 0 Å². The Kier molecular flexibility index (Phi) is 6.97. The maximum absolute atomic E-state index is 11.2. The molecule has 0 spiro atoms. The van der Waals surface area contributed by atoms with E-state index in [0.29, 0.717) is 11.3 Å². The van der Waals surface area contributed by atoms with Crippen LogP contribution in [0.25, 0.3) is 0 Å². The smallest absolute Gasteiger partial charge is 0.161 e. The molecule has 0 aliphatic carbocycles. The van der Waals surface area contributed by atoms with Crippen molar-refractivity contribution < 1.29 is 9.53 Å². The van der Waals surface area contributed by atoms with Gasteiger partial charge < -0.3 is 15.8 Å². The lowest BCUT2D eigenvalue weighted by molar-refractivity contribution is 0.101. The number of nitrogen functional groups attached to an aromatic ring is 1. The zero-order chi connectivity index (χ0) is 14.1. The van der Waals surface area contributed by atoms with E-state index in [1.165, 1.54) is 13.3 Å². The van der Waals surface area contributed by atoms with E-state index in [1.807, 2.05) is 6.07 Å². The lowest BCUT2D eigenvalue weighted by Crippen LogP contribution is -2.07. The van der Waals surface area contributed by atoms with Gasteiger partial charge in [-0.05, 0) is 38.0 Å². The first-order valence-electron chi connectivity index (χ1n) is 6.87. The highest BCUT2D eigenvalue weighted by Crippen LogP contribution is 2.18. The van der Waals surface area contributed by atoms with Gasteiger partial charge in [0.1, 0.15) is 0 Å². The summed E-state index contributed by atoms with van der Waals surface area (Å²) in [5.74, 6) is -0.00614. The molecule has 0 bridgehead atoms. The van der Waals surface area contributed by atoms with Crippen molar-refractivity contribution in [3.05, 3.63) is 23.8 Å². The average molecular weight is 264 g/mol. The number of ketones is 1. The number of hydrogen-bond acceptors (Lipinski definition) is 4. The summed E-state index contributed by atoms with van der Waals surface area (Å²) in [4.78, 5) is 11.2. The Balaban J connectivity index is 2.26. The van der Waals surface area contributed by atoms with Crippen molar-refractivity contribution in [2.75, 3.05) is 30.8 Å². The van der Waals surface area contributed by atoms with E-state index in [1.54, 1.807) is 12.1 Å². The molecule has 4 heteroatoms. The van der Waals surface area contributed by atoms with Crippen LogP contribution in [0.5, 0.6) is 0 Å². The fourth-order valence-electron chi connectivity index (χ4n) is 1.75. The quantitative estimate of drug-likeness (QED) is 0.409. The summed E-state index contributed by atoms with van der Waals surface area (Å²) in [6, 6.07) is 5.44. The molecular formula is C15H24N2O2. The van der Waals surface area contributed by atoms with Crippen LogP contribution in [0.15, 0.2) is 18.2 Å². The standard InChI is InChI=1S/C15H24N2O2/c1-3-4-9-19-10-5-8-17-13-6-7-14(12(2)18)15(16)11-13/h6-7,11,17H,3-5,8-10,16H2,1-2H3. The molecule has 3 N–H and O–H groups in total. The van der Waals surface area contributed by atoms with Gasteiger partial charge in [-0.3, -0.25) is 4.79 Å². The fourth-order valence-corrected chi connectivity index (χ4v) is 1.75. The van der Waals surface area contributed by atoms with Crippen LogP contribution in [-0.4, -0.2) is 25.5 Å². The van der Waals surface area contributed by atoms with Crippen molar-refractivity contribution in [3.63, 3.8) is 0 Å². The van der Waals surface area contributed by atoms with Gasteiger partial charge in [0, 0.05) is 36.7 Å². The predicted molar refractivity (Wildman–Crippen MR) is 79.7 cm³/mol. The molecule has 0 aliphatic heterocycles. The van der Waals surface area contributed by atoms with E-state index in [0.717, 1.165) is 38.3 Å². The maximum atomic E-state index is 11.2. The number of nitrogens with one attached hydrogen (secondary N) is 1. The molecule has 1 aromatic rings. The van der Waals surface area contributed by atoms with Crippen LogP contribution in [-0.2, 0) is 4.74 Å². The van der Waals surface area contributed by atoms with Gasteiger partial charge in [0.25, 0.3) is 0 Å². The maximum Gasteiger partial charge on any atom is 0.161 e. The number of ether oxygens (including phenoxy) is 1. The van der Waals surface area contributed by atoms with E-state index in [9.17, 15) is 4.79 Å². The summed E-state index contributed by atoms with van der Waals surface area (Å²) in [5.41, 5.74) is 7.86. The minimum Gasteiger partial charge on any atom is -0.398 e. The molecule has 1 aromatic carbocycles. The molecule has 0 saturated heterocycles. The Morgan fingerprint density at radius 2 is 2.05 bits per heavy atom. The summed E-state index contributed by atoms with van der Waals surface area (Å²) in [5, 5.41) is 3.27. The molecule has 106 valence electrons. The fraction of sp³-hybridized carbons (Fsp3) is 0.533. The number of nitrogens with two attached hydrogens (primary N) is 1. The van der Waals surface area contributed by atoms with Gasteiger partial charge in [-0.15, -0.1) is 0 Å². The van der Waals surface area contributed by atoms with Gasteiger partial charge in [0.05, 0.1) is 0 Å². The highest BCUT2D eigenvalue weighted by molar-refractivity contribution is 5.99. The van der Waals surface area contributed by atoms with Gasteiger partial charge in [0.15, 0.2) is 5.78 Å². The predicted octanol–water partition coefficient (Wildman–Crippen LogP) is 3.09. The third kappa shape index (κ3) is 5.75. The average Bonchev–Trinajstić information content (AvgIpc) is 2.37. The second-order valence-electron chi connectivity index (χ2n) is 4.60. The zero-order valence-corrected chi connectivity index (χ0v) is 11.9.